The Labute approximate surface area is 129 Å². The number of nitrogens with zero attached hydrogens (tertiary/aromatic N) is 2. The van der Waals surface area contributed by atoms with E-state index < -0.39 is 22.4 Å². The van der Waals surface area contributed by atoms with Crippen LogP contribution in [0.1, 0.15) is 16.7 Å². The van der Waals surface area contributed by atoms with Gasteiger partial charge in [0.1, 0.15) is 5.69 Å². The first-order valence-electron chi connectivity index (χ1n) is 6.49. The highest BCUT2D eigenvalue weighted by atomic mass is 19.4. The first-order valence-corrected chi connectivity index (χ1v) is 6.49. The third-order valence-corrected chi connectivity index (χ3v) is 3.00. The van der Waals surface area contributed by atoms with E-state index in [9.17, 15) is 23.3 Å². The van der Waals surface area contributed by atoms with Crippen LogP contribution in [0, 0.1) is 17.0 Å². The highest BCUT2D eigenvalue weighted by Gasteiger charge is 2.33. The van der Waals surface area contributed by atoms with Gasteiger partial charge in [-0.25, -0.2) is 0 Å². The Kier molecular flexibility index (Phi) is 4.63. The standard InChI is InChI=1S/C15H12F3N3O2/c1-10-2-4-11(5-3-10)9-19-20-13-7-6-12(15(16,17)18)8-14(13)21(22)23/h2-9,20H,1H3/b19-9-. The minimum Gasteiger partial charge on any atom is -0.272 e. The van der Waals surface area contributed by atoms with E-state index in [1.165, 1.54) is 6.21 Å². The molecule has 0 aromatic heterocycles. The van der Waals surface area contributed by atoms with Crippen molar-refractivity contribution < 1.29 is 18.1 Å². The molecule has 0 radical (unpaired) electrons. The molecule has 120 valence electrons. The molecule has 0 amide bonds. The van der Waals surface area contributed by atoms with E-state index in [0.717, 1.165) is 23.3 Å². The van der Waals surface area contributed by atoms with E-state index in [0.29, 0.717) is 6.07 Å². The van der Waals surface area contributed by atoms with Crippen molar-refractivity contribution in [2.24, 2.45) is 5.10 Å². The quantitative estimate of drug-likeness (QED) is 0.516. The maximum absolute atomic E-state index is 12.6. The van der Waals surface area contributed by atoms with Crippen LogP contribution in [0.2, 0.25) is 0 Å². The molecule has 0 bridgehead atoms. The maximum Gasteiger partial charge on any atom is 0.416 e. The van der Waals surface area contributed by atoms with Gasteiger partial charge < -0.3 is 0 Å². The first-order chi connectivity index (χ1) is 10.8. The van der Waals surface area contributed by atoms with Gasteiger partial charge in [0, 0.05) is 6.07 Å². The number of hydrogen-bond acceptors (Lipinski definition) is 4. The van der Waals surface area contributed by atoms with Crippen LogP contribution in [0.15, 0.2) is 47.6 Å². The summed E-state index contributed by atoms with van der Waals surface area (Å²) in [4.78, 5) is 10.0. The van der Waals surface area contributed by atoms with Crippen LogP contribution in [0.25, 0.3) is 0 Å². The zero-order valence-corrected chi connectivity index (χ0v) is 12.0. The van der Waals surface area contributed by atoms with Gasteiger partial charge in [-0.1, -0.05) is 29.8 Å². The molecule has 0 aliphatic heterocycles. The second kappa shape index (κ2) is 6.47. The molecule has 0 fully saturated rings. The van der Waals surface area contributed by atoms with Gasteiger partial charge in [0.2, 0.25) is 0 Å². The van der Waals surface area contributed by atoms with Crippen LogP contribution in [0.4, 0.5) is 24.5 Å². The highest BCUT2D eigenvalue weighted by Crippen LogP contribution is 2.34. The van der Waals surface area contributed by atoms with Crippen molar-refractivity contribution in [3.63, 3.8) is 0 Å². The summed E-state index contributed by atoms with van der Waals surface area (Å²) in [5.74, 6) is 0. The number of benzene rings is 2. The summed E-state index contributed by atoms with van der Waals surface area (Å²) >= 11 is 0. The summed E-state index contributed by atoms with van der Waals surface area (Å²) in [5.41, 5.74) is 2.31. The Morgan fingerprint density at radius 3 is 2.39 bits per heavy atom. The fourth-order valence-electron chi connectivity index (χ4n) is 1.78. The van der Waals surface area contributed by atoms with Crippen molar-refractivity contribution in [3.05, 3.63) is 69.3 Å². The largest absolute Gasteiger partial charge is 0.416 e. The number of hydrogen-bond donors (Lipinski definition) is 1. The summed E-state index contributed by atoms with van der Waals surface area (Å²) in [6.45, 7) is 1.92. The molecule has 1 N–H and O–H groups in total. The monoisotopic (exact) mass is 323 g/mol. The molecule has 0 aliphatic rings. The SMILES string of the molecule is Cc1ccc(/C=N\Nc2ccc(C(F)(F)F)cc2[N+](=O)[O-])cc1. The molecule has 23 heavy (non-hydrogen) atoms. The molecule has 2 rings (SSSR count). The number of nitrogens with one attached hydrogen (secondary N) is 1. The highest BCUT2D eigenvalue weighted by molar-refractivity contribution is 5.80. The predicted molar refractivity (Wildman–Crippen MR) is 80.5 cm³/mol. The van der Waals surface area contributed by atoms with Crippen LogP contribution in [0.5, 0.6) is 0 Å². The Balaban J connectivity index is 2.22. The average molecular weight is 323 g/mol. The fraction of sp³-hybridized carbons (Fsp3) is 0.133. The van der Waals surface area contributed by atoms with Crippen LogP contribution >= 0.6 is 0 Å². The lowest BCUT2D eigenvalue weighted by atomic mass is 10.1. The van der Waals surface area contributed by atoms with Gasteiger partial charge in [-0.05, 0) is 24.6 Å². The van der Waals surface area contributed by atoms with Crippen molar-refractivity contribution >= 4 is 17.6 Å². The summed E-state index contributed by atoms with van der Waals surface area (Å²) < 4.78 is 37.8. The predicted octanol–water partition coefficient (Wildman–Crippen LogP) is 4.37. The summed E-state index contributed by atoms with van der Waals surface area (Å²) in [7, 11) is 0. The molecule has 5 nitrogen and oxygen atoms in total. The summed E-state index contributed by atoms with van der Waals surface area (Å²) in [5, 5.41) is 14.7. The summed E-state index contributed by atoms with van der Waals surface area (Å²) in [6.07, 6.45) is -3.23. The molecule has 2 aromatic rings. The second-order valence-electron chi connectivity index (χ2n) is 4.77. The molecule has 0 saturated heterocycles. The van der Waals surface area contributed by atoms with Crippen LogP contribution in [-0.2, 0) is 6.18 Å². The zero-order chi connectivity index (χ0) is 17.0. The molecule has 0 saturated carbocycles. The Morgan fingerprint density at radius 2 is 1.83 bits per heavy atom. The number of nitro groups is 1. The Bertz CT molecular complexity index is 741. The average Bonchev–Trinajstić information content (AvgIpc) is 2.48. The molecule has 0 spiro atoms. The minimum absolute atomic E-state index is 0.119. The van der Waals surface area contributed by atoms with Crippen molar-refractivity contribution in [2.45, 2.75) is 13.1 Å². The van der Waals surface area contributed by atoms with E-state index in [-0.39, 0.29) is 5.69 Å². The minimum atomic E-state index is -4.64. The van der Waals surface area contributed by atoms with E-state index in [1.807, 2.05) is 19.1 Å². The number of anilines is 1. The number of hydrazone groups is 1. The van der Waals surface area contributed by atoms with Crippen molar-refractivity contribution in [3.8, 4) is 0 Å². The zero-order valence-electron chi connectivity index (χ0n) is 12.0. The van der Waals surface area contributed by atoms with Gasteiger partial charge in [-0.3, -0.25) is 15.5 Å². The second-order valence-corrected chi connectivity index (χ2v) is 4.77. The van der Waals surface area contributed by atoms with Gasteiger partial charge in [-0.2, -0.15) is 18.3 Å². The molecule has 2 aromatic carbocycles. The van der Waals surface area contributed by atoms with Crippen molar-refractivity contribution in [1.29, 1.82) is 0 Å². The van der Waals surface area contributed by atoms with E-state index in [1.54, 1.807) is 12.1 Å². The van der Waals surface area contributed by atoms with Crippen molar-refractivity contribution in [2.75, 3.05) is 5.43 Å². The lowest BCUT2D eigenvalue weighted by Crippen LogP contribution is -2.06. The van der Waals surface area contributed by atoms with E-state index >= 15 is 0 Å². The lowest BCUT2D eigenvalue weighted by molar-refractivity contribution is -0.384. The molecule has 0 unspecified atom stereocenters. The molecular formula is C15H12F3N3O2. The number of alkyl halides is 3. The Morgan fingerprint density at radius 1 is 1.17 bits per heavy atom. The smallest absolute Gasteiger partial charge is 0.272 e. The first kappa shape index (κ1) is 16.5. The molecular weight excluding hydrogens is 311 g/mol. The molecule has 8 heteroatoms. The number of rotatable bonds is 4. The lowest BCUT2D eigenvalue weighted by Gasteiger charge is -2.08. The molecule has 0 aliphatic carbocycles. The van der Waals surface area contributed by atoms with Gasteiger partial charge in [-0.15, -0.1) is 0 Å². The number of aryl methyl sites for hydroxylation is 1. The topological polar surface area (TPSA) is 67.5 Å². The van der Waals surface area contributed by atoms with E-state index in [4.69, 9.17) is 0 Å². The number of halogens is 3. The van der Waals surface area contributed by atoms with E-state index in [2.05, 4.69) is 10.5 Å². The third-order valence-electron chi connectivity index (χ3n) is 3.00. The summed E-state index contributed by atoms with van der Waals surface area (Å²) in [6, 6.07) is 9.53. The Hall–Kier alpha value is -2.90. The fourth-order valence-corrected chi connectivity index (χ4v) is 1.78. The third kappa shape index (κ3) is 4.29. The van der Waals surface area contributed by atoms with Gasteiger partial charge in [0.25, 0.3) is 5.69 Å². The van der Waals surface area contributed by atoms with Crippen LogP contribution in [-0.4, -0.2) is 11.1 Å². The van der Waals surface area contributed by atoms with Gasteiger partial charge in [0.05, 0.1) is 16.7 Å². The maximum atomic E-state index is 12.6. The normalized spacial score (nSPS) is 11.7. The van der Waals surface area contributed by atoms with Crippen LogP contribution < -0.4 is 5.43 Å². The number of nitro benzene ring substituents is 1. The molecule has 0 atom stereocenters. The van der Waals surface area contributed by atoms with Gasteiger partial charge >= 0.3 is 6.18 Å². The molecule has 0 heterocycles. The van der Waals surface area contributed by atoms with Crippen molar-refractivity contribution in [1.82, 2.24) is 0 Å². The van der Waals surface area contributed by atoms with Crippen LogP contribution in [0.3, 0.4) is 0 Å². The van der Waals surface area contributed by atoms with Gasteiger partial charge in [0.15, 0.2) is 0 Å².